The number of aromatic hydroxyl groups is 1. The van der Waals surface area contributed by atoms with Crippen molar-refractivity contribution in [2.75, 3.05) is 0 Å². The zero-order valence-corrected chi connectivity index (χ0v) is 15.6. The number of nitrogens with zero attached hydrogens (tertiary/aromatic N) is 2. The second-order valence-electron chi connectivity index (χ2n) is 6.42. The van der Waals surface area contributed by atoms with Crippen LogP contribution in [-0.4, -0.2) is 20.7 Å². The minimum Gasteiger partial charge on any atom is -0.505 e. The van der Waals surface area contributed by atoms with Crippen LogP contribution in [0.3, 0.4) is 0 Å². The van der Waals surface area contributed by atoms with Gasteiger partial charge in [0.05, 0.1) is 0 Å². The van der Waals surface area contributed by atoms with E-state index in [2.05, 4.69) is 21.0 Å². The number of hydrogen-bond donors (Lipinski definition) is 1. The average Bonchev–Trinajstić information content (AvgIpc) is 3.47. The van der Waals surface area contributed by atoms with Crippen LogP contribution in [0.25, 0.3) is 5.69 Å². The zero-order valence-electron chi connectivity index (χ0n) is 14.0. The van der Waals surface area contributed by atoms with E-state index in [0.29, 0.717) is 11.1 Å². The Labute approximate surface area is 162 Å². The third-order valence-corrected chi connectivity index (χ3v) is 5.01. The van der Waals surface area contributed by atoms with E-state index in [1.54, 1.807) is 36.4 Å². The molecule has 5 nitrogen and oxygen atoms in total. The lowest BCUT2D eigenvalue weighted by molar-refractivity contribution is 0.102. The number of para-hydroxylation sites is 1. The van der Waals surface area contributed by atoms with E-state index in [-0.39, 0.29) is 17.3 Å². The standard InChI is InChI=1S/C20H14BrFN2O3/c21-13-8-6-12(7-9-13)20(27)18-16(25)10-17(26)24(23-18)19-14(11-4-5-11)2-1-3-15(19)22/h1-3,6-11,25H,4-5H2. The van der Waals surface area contributed by atoms with E-state index < -0.39 is 22.9 Å². The summed E-state index contributed by atoms with van der Waals surface area (Å²) in [5.74, 6) is -1.52. The molecule has 1 aliphatic carbocycles. The number of carbonyl (C=O) groups excluding carboxylic acids is 1. The van der Waals surface area contributed by atoms with E-state index in [9.17, 15) is 19.1 Å². The summed E-state index contributed by atoms with van der Waals surface area (Å²) < 4.78 is 16.2. The number of carbonyl (C=O) groups is 1. The number of benzene rings is 2. The molecule has 0 bridgehead atoms. The Morgan fingerprint density at radius 2 is 1.89 bits per heavy atom. The molecule has 1 aliphatic rings. The Morgan fingerprint density at radius 1 is 1.19 bits per heavy atom. The summed E-state index contributed by atoms with van der Waals surface area (Å²) in [5.41, 5.74) is 0.00288. The number of ketones is 1. The molecule has 0 saturated heterocycles. The first-order valence-electron chi connectivity index (χ1n) is 8.38. The maximum absolute atomic E-state index is 14.6. The number of halogens is 2. The summed E-state index contributed by atoms with van der Waals surface area (Å²) in [6, 6.07) is 12.0. The summed E-state index contributed by atoms with van der Waals surface area (Å²) >= 11 is 3.29. The van der Waals surface area contributed by atoms with Crippen molar-refractivity contribution in [1.82, 2.24) is 9.78 Å². The van der Waals surface area contributed by atoms with Crippen LogP contribution < -0.4 is 5.56 Å². The van der Waals surface area contributed by atoms with Gasteiger partial charge in [0.25, 0.3) is 5.56 Å². The minimum absolute atomic E-state index is 0.0369. The van der Waals surface area contributed by atoms with Gasteiger partial charge in [0.1, 0.15) is 11.5 Å². The van der Waals surface area contributed by atoms with Crippen LogP contribution in [0.1, 0.15) is 40.4 Å². The number of rotatable bonds is 4. The molecule has 0 atom stereocenters. The van der Waals surface area contributed by atoms with Crippen molar-refractivity contribution < 1.29 is 14.3 Å². The predicted octanol–water partition coefficient (Wildman–Crippen LogP) is 3.95. The average molecular weight is 429 g/mol. The van der Waals surface area contributed by atoms with Gasteiger partial charge in [0, 0.05) is 16.1 Å². The lowest BCUT2D eigenvalue weighted by atomic mass is 10.1. The van der Waals surface area contributed by atoms with E-state index in [1.165, 1.54) is 6.07 Å². The van der Waals surface area contributed by atoms with Crippen molar-refractivity contribution in [3.05, 3.63) is 86.0 Å². The lowest BCUT2D eigenvalue weighted by Crippen LogP contribution is -2.25. The molecule has 4 rings (SSSR count). The third kappa shape index (κ3) is 3.30. The van der Waals surface area contributed by atoms with Crippen molar-refractivity contribution in [3.63, 3.8) is 0 Å². The molecule has 1 saturated carbocycles. The monoisotopic (exact) mass is 428 g/mol. The summed E-state index contributed by atoms with van der Waals surface area (Å²) in [6.07, 6.45) is 1.82. The molecule has 136 valence electrons. The molecule has 1 fully saturated rings. The van der Waals surface area contributed by atoms with Crippen LogP contribution in [-0.2, 0) is 0 Å². The van der Waals surface area contributed by atoms with Crippen LogP contribution in [0.2, 0.25) is 0 Å². The topological polar surface area (TPSA) is 72.2 Å². The quantitative estimate of drug-likeness (QED) is 0.638. The number of hydrogen-bond acceptors (Lipinski definition) is 4. The van der Waals surface area contributed by atoms with Crippen molar-refractivity contribution in [2.24, 2.45) is 0 Å². The molecule has 0 radical (unpaired) electrons. The Morgan fingerprint density at radius 3 is 2.56 bits per heavy atom. The zero-order chi connectivity index (χ0) is 19.1. The summed E-state index contributed by atoms with van der Waals surface area (Å²) in [4.78, 5) is 25.1. The molecule has 3 aromatic rings. The highest BCUT2D eigenvalue weighted by Crippen LogP contribution is 2.43. The van der Waals surface area contributed by atoms with Gasteiger partial charge in [0.15, 0.2) is 11.4 Å². The molecule has 7 heteroatoms. The molecule has 1 heterocycles. The summed E-state index contributed by atoms with van der Waals surface area (Å²) in [7, 11) is 0. The highest BCUT2D eigenvalue weighted by atomic mass is 79.9. The van der Waals surface area contributed by atoms with Gasteiger partial charge in [-0.1, -0.05) is 28.1 Å². The largest absolute Gasteiger partial charge is 0.505 e. The molecular formula is C20H14BrFN2O3. The lowest BCUT2D eigenvalue weighted by Gasteiger charge is -2.13. The van der Waals surface area contributed by atoms with Gasteiger partial charge in [-0.2, -0.15) is 9.78 Å². The van der Waals surface area contributed by atoms with Gasteiger partial charge in [-0.25, -0.2) is 4.39 Å². The fraction of sp³-hybridized carbons (Fsp3) is 0.150. The maximum Gasteiger partial charge on any atom is 0.275 e. The first-order chi connectivity index (χ1) is 13.0. The molecule has 0 amide bonds. The van der Waals surface area contributed by atoms with Crippen molar-refractivity contribution >= 4 is 21.7 Å². The van der Waals surface area contributed by atoms with Crippen molar-refractivity contribution in [1.29, 1.82) is 0 Å². The highest BCUT2D eigenvalue weighted by Gasteiger charge is 2.29. The Balaban J connectivity index is 1.87. The molecule has 27 heavy (non-hydrogen) atoms. The number of aromatic nitrogens is 2. The van der Waals surface area contributed by atoms with E-state index in [0.717, 1.165) is 28.1 Å². The van der Waals surface area contributed by atoms with Crippen LogP contribution in [0.5, 0.6) is 5.75 Å². The van der Waals surface area contributed by atoms with E-state index in [4.69, 9.17) is 0 Å². The molecule has 0 spiro atoms. The Bertz CT molecular complexity index is 1110. The normalized spacial score (nSPS) is 13.6. The SMILES string of the molecule is O=C(c1ccc(Br)cc1)c1nn(-c2c(F)cccc2C2CC2)c(=O)cc1O. The summed E-state index contributed by atoms with van der Waals surface area (Å²) in [5, 5.41) is 14.1. The first-order valence-corrected chi connectivity index (χ1v) is 9.17. The van der Waals surface area contributed by atoms with Crippen LogP contribution in [0, 0.1) is 5.82 Å². The van der Waals surface area contributed by atoms with Crippen molar-refractivity contribution in [3.8, 4) is 11.4 Å². The third-order valence-electron chi connectivity index (χ3n) is 4.48. The van der Waals surface area contributed by atoms with Gasteiger partial charge in [-0.05, 0) is 54.7 Å². The molecule has 1 aromatic heterocycles. The maximum atomic E-state index is 14.6. The van der Waals surface area contributed by atoms with Gasteiger partial charge < -0.3 is 5.11 Å². The van der Waals surface area contributed by atoms with Crippen LogP contribution in [0.15, 0.2) is 57.8 Å². The molecule has 1 N–H and O–H groups in total. The van der Waals surface area contributed by atoms with Crippen molar-refractivity contribution in [2.45, 2.75) is 18.8 Å². The van der Waals surface area contributed by atoms with Gasteiger partial charge in [-0.3, -0.25) is 9.59 Å². The first kappa shape index (κ1) is 17.6. The Kier molecular flexibility index (Phi) is 4.39. The molecule has 2 aromatic carbocycles. The summed E-state index contributed by atoms with van der Waals surface area (Å²) in [6.45, 7) is 0. The van der Waals surface area contributed by atoms with Gasteiger partial charge in [0.2, 0.25) is 5.78 Å². The smallest absolute Gasteiger partial charge is 0.275 e. The predicted molar refractivity (Wildman–Crippen MR) is 101 cm³/mol. The minimum atomic E-state index is -0.702. The highest BCUT2D eigenvalue weighted by molar-refractivity contribution is 9.10. The fourth-order valence-electron chi connectivity index (χ4n) is 2.99. The van der Waals surface area contributed by atoms with Gasteiger partial charge in [-0.15, -0.1) is 0 Å². The molecule has 0 aliphatic heterocycles. The molecule has 0 unspecified atom stereocenters. The van der Waals surface area contributed by atoms with Crippen LogP contribution in [0.4, 0.5) is 4.39 Å². The second-order valence-corrected chi connectivity index (χ2v) is 7.33. The van der Waals surface area contributed by atoms with E-state index in [1.807, 2.05) is 0 Å². The second kappa shape index (κ2) is 6.74. The molecular weight excluding hydrogens is 415 g/mol. The van der Waals surface area contributed by atoms with Crippen LogP contribution >= 0.6 is 15.9 Å². The fourth-order valence-corrected chi connectivity index (χ4v) is 3.25. The Hall–Kier alpha value is -2.80. The van der Waals surface area contributed by atoms with E-state index >= 15 is 0 Å². The van der Waals surface area contributed by atoms with Gasteiger partial charge >= 0.3 is 0 Å².